The van der Waals surface area contributed by atoms with Gasteiger partial charge in [0.1, 0.15) is 10.6 Å². The second-order valence-electron chi connectivity index (χ2n) is 4.79. The zero-order chi connectivity index (χ0) is 17.9. The van der Waals surface area contributed by atoms with Crippen LogP contribution in [0.15, 0.2) is 39.7 Å². The molecular weight excluding hydrogens is 411 g/mol. The van der Waals surface area contributed by atoms with Crippen molar-refractivity contribution in [2.45, 2.75) is 11.3 Å². The van der Waals surface area contributed by atoms with Crippen molar-refractivity contribution in [3.8, 4) is 5.75 Å². The van der Waals surface area contributed by atoms with E-state index in [1.165, 1.54) is 7.11 Å². The molecule has 0 radical (unpaired) electrons. The fraction of sp³-hybridized carbons (Fsp3) is 0.200. The van der Waals surface area contributed by atoms with Crippen molar-refractivity contribution in [2.75, 3.05) is 13.7 Å². The Bertz CT molecular complexity index is 859. The zero-order valence-electron chi connectivity index (χ0n) is 12.4. The lowest BCUT2D eigenvalue weighted by Gasteiger charge is -2.09. The van der Waals surface area contributed by atoms with Crippen LogP contribution in [0.5, 0.6) is 5.75 Å². The van der Waals surface area contributed by atoms with Crippen molar-refractivity contribution in [3.05, 3.63) is 57.8 Å². The van der Waals surface area contributed by atoms with Gasteiger partial charge in [0.05, 0.1) is 11.6 Å². The van der Waals surface area contributed by atoms with Gasteiger partial charge in [-0.1, -0.05) is 6.07 Å². The maximum Gasteiger partial charge on any atom is 0.243 e. The molecule has 0 unspecified atom stereocenters. The summed E-state index contributed by atoms with van der Waals surface area (Å²) in [4.78, 5) is -0.933. The van der Waals surface area contributed by atoms with E-state index >= 15 is 0 Å². The first-order chi connectivity index (χ1) is 11.3. The molecule has 0 bridgehead atoms. The Labute approximate surface area is 145 Å². The van der Waals surface area contributed by atoms with Crippen LogP contribution in [0.2, 0.25) is 0 Å². The number of hydrogen-bond donors (Lipinski definition) is 1. The Morgan fingerprint density at radius 1 is 1.12 bits per heavy atom. The minimum atomic E-state index is -4.29. The van der Waals surface area contributed by atoms with Crippen LogP contribution in [-0.4, -0.2) is 22.1 Å². The monoisotopic (exact) mass is 423 g/mol. The largest absolute Gasteiger partial charge is 0.496 e. The Morgan fingerprint density at radius 3 is 2.46 bits per heavy atom. The van der Waals surface area contributed by atoms with E-state index in [9.17, 15) is 21.6 Å². The summed E-state index contributed by atoms with van der Waals surface area (Å²) < 4.78 is 71.6. The third kappa shape index (κ3) is 4.08. The highest BCUT2D eigenvalue weighted by Gasteiger charge is 2.23. The van der Waals surface area contributed by atoms with Crippen LogP contribution in [0.3, 0.4) is 0 Å². The predicted molar refractivity (Wildman–Crippen MR) is 85.9 cm³/mol. The molecule has 0 amide bonds. The van der Waals surface area contributed by atoms with Crippen molar-refractivity contribution >= 4 is 26.0 Å². The summed E-state index contributed by atoms with van der Waals surface area (Å²) in [5, 5.41) is 0. The second kappa shape index (κ2) is 7.54. The third-order valence-corrected chi connectivity index (χ3v) is 5.31. The van der Waals surface area contributed by atoms with E-state index in [4.69, 9.17) is 4.74 Å². The molecule has 2 aromatic carbocycles. The van der Waals surface area contributed by atoms with Crippen molar-refractivity contribution in [2.24, 2.45) is 0 Å². The molecule has 0 aliphatic heterocycles. The first kappa shape index (κ1) is 18.8. The predicted octanol–water partition coefficient (Wildman–Crippen LogP) is 3.40. The van der Waals surface area contributed by atoms with Crippen molar-refractivity contribution < 1.29 is 26.3 Å². The number of nitrogens with one attached hydrogen (secondary N) is 1. The molecule has 0 aliphatic carbocycles. The van der Waals surface area contributed by atoms with E-state index in [0.717, 1.165) is 5.56 Å². The summed E-state index contributed by atoms with van der Waals surface area (Å²) >= 11 is 3.31. The van der Waals surface area contributed by atoms with Gasteiger partial charge in [0, 0.05) is 6.54 Å². The van der Waals surface area contributed by atoms with E-state index in [1.807, 2.05) is 0 Å². The lowest BCUT2D eigenvalue weighted by atomic mass is 10.1. The van der Waals surface area contributed by atoms with Crippen LogP contribution in [0.4, 0.5) is 13.2 Å². The highest BCUT2D eigenvalue weighted by Crippen LogP contribution is 2.25. The Kier molecular flexibility index (Phi) is 5.89. The van der Waals surface area contributed by atoms with Crippen molar-refractivity contribution in [3.63, 3.8) is 0 Å². The van der Waals surface area contributed by atoms with Crippen LogP contribution < -0.4 is 9.46 Å². The molecule has 2 aromatic rings. The Balaban J connectivity index is 2.08. The summed E-state index contributed by atoms with van der Waals surface area (Å²) in [7, 11) is -2.77. The highest BCUT2D eigenvalue weighted by molar-refractivity contribution is 9.10. The number of hydrogen-bond acceptors (Lipinski definition) is 3. The topological polar surface area (TPSA) is 55.4 Å². The van der Waals surface area contributed by atoms with Crippen LogP contribution in [0.1, 0.15) is 5.56 Å². The molecule has 0 aromatic heterocycles. The quantitative estimate of drug-likeness (QED) is 0.724. The minimum absolute atomic E-state index is 0.0421. The van der Waals surface area contributed by atoms with E-state index in [2.05, 4.69) is 20.7 Å². The molecule has 0 saturated carbocycles. The molecule has 1 N–H and O–H groups in total. The fourth-order valence-corrected chi connectivity index (χ4v) is 3.68. The number of rotatable bonds is 6. The Morgan fingerprint density at radius 2 is 1.83 bits per heavy atom. The van der Waals surface area contributed by atoms with Gasteiger partial charge in [-0.3, -0.25) is 0 Å². The molecule has 0 fully saturated rings. The molecule has 2 rings (SSSR count). The van der Waals surface area contributed by atoms with E-state index in [-0.39, 0.29) is 6.54 Å². The molecular formula is C15H13BrF3NO3S. The fourth-order valence-electron chi connectivity index (χ4n) is 1.99. The second-order valence-corrected chi connectivity index (χ2v) is 7.38. The lowest BCUT2D eigenvalue weighted by Crippen LogP contribution is -2.27. The summed E-state index contributed by atoms with van der Waals surface area (Å²) in [6.45, 7) is -0.0421. The van der Waals surface area contributed by atoms with Gasteiger partial charge in [-0.25, -0.2) is 26.3 Å². The van der Waals surface area contributed by atoms with Crippen LogP contribution in [-0.2, 0) is 16.4 Å². The summed E-state index contributed by atoms with van der Waals surface area (Å²) in [6.07, 6.45) is 0.313. The van der Waals surface area contributed by atoms with Crippen LogP contribution in [0, 0.1) is 17.5 Å². The molecule has 0 aliphatic rings. The molecule has 130 valence electrons. The average Bonchev–Trinajstić information content (AvgIpc) is 2.52. The number of ether oxygens (including phenoxy) is 1. The first-order valence-corrected chi connectivity index (χ1v) is 8.99. The van der Waals surface area contributed by atoms with Gasteiger partial charge in [-0.15, -0.1) is 0 Å². The Hall–Kier alpha value is -1.58. The van der Waals surface area contributed by atoms with Crippen molar-refractivity contribution in [1.29, 1.82) is 0 Å². The highest BCUT2D eigenvalue weighted by atomic mass is 79.9. The van der Waals surface area contributed by atoms with Crippen LogP contribution >= 0.6 is 15.9 Å². The van der Waals surface area contributed by atoms with Gasteiger partial charge in [0.2, 0.25) is 10.0 Å². The summed E-state index contributed by atoms with van der Waals surface area (Å²) in [6, 6.07) is 6.46. The molecule has 0 saturated heterocycles. The molecule has 4 nitrogen and oxygen atoms in total. The molecule has 0 heterocycles. The van der Waals surface area contributed by atoms with Crippen LogP contribution in [0.25, 0.3) is 0 Å². The van der Waals surface area contributed by atoms with E-state index in [0.29, 0.717) is 28.8 Å². The smallest absolute Gasteiger partial charge is 0.243 e. The summed E-state index contributed by atoms with van der Waals surface area (Å²) in [5.74, 6) is -4.38. The first-order valence-electron chi connectivity index (χ1n) is 6.72. The number of halogens is 4. The maximum absolute atomic E-state index is 13.6. The minimum Gasteiger partial charge on any atom is -0.496 e. The third-order valence-electron chi connectivity index (χ3n) is 3.21. The van der Waals surface area contributed by atoms with Gasteiger partial charge < -0.3 is 4.74 Å². The molecule has 24 heavy (non-hydrogen) atoms. The normalized spacial score (nSPS) is 11.5. The molecule has 0 atom stereocenters. The standard InChI is InChI=1S/C15H13BrF3NO3S/c1-23-12-4-2-9(8-10(12)16)6-7-20-24(21,22)13-5-3-11(17)14(18)15(13)19/h2-5,8,20H,6-7H2,1H3. The number of sulfonamides is 1. The maximum atomic E-state index is 13.6. The molecule has 0 spiro atoms. The SMILES string of the molecule is COc1ccc(CCNS(=O)(=O)c2ccc(F)c(F)c2F)cc1Br. The van der Waals surface area contributed by atoms with E-state index < -0.39 is 32.4 Å². The zero-order valence-corrected chi connectivity index (χ0v) is 14.8. The average molecular weight is 424 g/mol. The summed E-state index contributed by atoms with van der Waals surface area (Å²) in [5.41, 5.74) is 0.802. The number of benzene rings is 2. The van der Waals surface area contributed by atoms with Gasteiger partial charge in [0.25, 0.3) is 0 Å². The van der Waals surface area contributed by atoms with Gasteiger partial charge in [-0.05, 0) is 52.2 Å². The lowest BCUT2D eigenvalue weighted by molar-refractivity contribution is 0.412. The van der Waals surface area contributed by atoms with Crippen molar-refractivity contribution in [1.82, 2.24) is 4.72 Å². The molecule has 9 heteroatoms. The van der Waals surface area contributed by atoms with Gasteiger partial charge in [-0.2, -0.15) is 0 Å². The van der Waals surface area contributed by atoms with Gasteiger partial charge >= 0.3 is 0 Å². The van der Waals surface area contributed by atoms with Gasteiger partial charge in [0.15, 0.2) is 17.5 Å². The van der Waals surface area contributed by atoms with E-state index in [1.54, 1.807) is 18.2 Å². The number of methoxy groups -OCH3 is 1.